The van der Waals surface area contributed by atoms with E-state index in [1.54, 1.807) is 26.6 Å². The number of rotatable bonds is 9. The number of quaternary nitrogens is 1. The second-order valence-corrected chi connectivity index (χ2v) is 6.85. The molecular weight excluding hydrogens is 360 g/mol. The Bertz CT molecular complexity index is 723. The Balaban J connectivity index is 1.38. The van der Waals surface area contributed by atoms with Crippen LogP contribution in [0.2, 0.25) is 0 Å². The largest absolute Gasteiger partial charge is 0.493 e. The van der Waals surface area contributed by atoms with E-state index in [1.807, 2.05) is 24.3 Å². The molecule has 8 nitrogen and oxygen atoms in total. The van der Waals surface area contributed by atoms with Gasteiger partial charge in [-0.15, -0.1) is 0 Å². The fourth-order valence-electron chi connectivity index (χ4n) is 3.36. The van der Waals surface area contributed by atoms with Gasteiger partial charge in [-0.3, -0.25) is 0 Å². The summed E-state index contributed by atoms with van der Waals surface area (Å²) in [7, 11) is 3.22. The number of hydrogen-bond donors (Lipinski definition) is 2. The van der Waals surface area contributed by atoms with Crippen LogP contribution in [0.15, 0.2) is 36.7 Å². The average molecular weight is 389 g/mol. The third-order valence-electron chi connectivity index (χ3n) is 4.86. The van der Waals surface area contributed by atoms with E-state index in [2.05, 4.69) is 14.9 Å². The van der Waals surface area contributed by atoms with Crippen LogP contribution < -0.4 is 19.3 Å². The quantitative estimate of drug-likeness (QED) is 0.614. The van der Waals surface area contributed by atoms with Gasteiger partial charge in [-0.05, 0) is 23.8 Å². The fourth-order valence-corrected chi connectivity index (χ4v) is 3.36. The van der Waals surface area contributed by atoms with E-state index in [1.165, 1.54) is 4.90 Å². The number of aromatic nitrogens is 2. The molecule has 1 atom stereocenters. The lowest BCUT2D eigenvalue weighted by Crippen LogP contribution is -3.16. The van der Waals surface area contributed by atoms with Crippen molar-refractivity contribution in [1.29, 1.82) is 0 Å². The minimum absolute atomic E-state index is 0.309. The van der Waals surface area contributed by atoms with Gasteiger partial charge in [0.15, 0.2) is 11.5 Å². The highest BCUT2D eigenvalue weighted by atomic mass is 16.5. The standard InChI is InChI=1S/C20H28N4O4/c1-26-18-5-4-16(12-19(18)27-2)14-28-15-17(25)13-23-8-10-24(11-9-23)20-21-6-3-7-22-20/h3-7,12,17,25H,8-11,13-15H2,1-2H3/p+1/t17-/m1/s1. The second kappa shape index (κ2) is 10.2. The number of aliphatic hydroxyl groups excluding tert-OH is 1. The molecule has 0 bridgehead atoms. The van der Waals surface area contributed by atoms with E-state index >= 15 is 0 Å². The maximum absolute atomic E-state index is 10.3. The second-order valence-electron chi connectivity index (χ2n) is 6.85. The third kappa shape index (κ3) is 5.54. The van der Waals surface area contributed by atoms with Crippen molar-refractivity contribution in [3.05, 3.63) is 42.2 Å². The van der Waals surface area contributed by atoms with Gasteiger partial charge in [0, 0.05) is 12.4 Å². The summed E-state index contributed by atoms with van der Waals surface area (Å²) in [6.07, 6.45) is 3.04. The van der Waals surface area contributed by atoms with Gasteiger partial charge in [-0.1, -0.05) is 6.07 Å². The van der Waals surface area contributed by atoms with E-state index in [9.17, 15) is 5.11 Å². The molecule has 8 heteroatoms. The minimum atomic E-state index is -0.491. The van der Waals surface area contributed by atoms with Gasteiger partial charge < -0.3 is 29.1 Å². The number of nitrogens with one attached hydrogen (secondary N) is 1. The molecule has 0 saturated carbocycles. The molecule has 2 heterocycles. The van der Waals surface area contributed by atoms with Crippen LogP contribution in [-0.4, -0.2) is 74.7 Å². The highest BCUT2D eigenvalue weighted by Gasteiger charge is 2.23. The molecular formula is C20H29N4O4+. The Morgan fingerprint density at radius 2 is 1.82 bits per heavy atom. The first kappa shape index (κ1) is 20.3. The van der Waals surface area contributed by atoms with Crippen LogP contribution >= 0.6 is 0 Å². The summed E-state index contributed by atoms with van der Waals surface area (Å²) in [6, 6.07) is 7.50. The lowest BCUT2D eigenvalue weighted by atomic mass is 10.2. The molecule has 1 aromatic carbocycles. The van der Waals surface area contributed by atoms with Crippen molar-refractivity contribution in [3.63, 3.8) is 0 Å². The number of benzene rings is 1. The molecule has 0 amide bonds. The van der Waals surface area contributed by atoms with Crippen molar-refractivity contribution in [2.24, 2.45) is 0 Å². The summed E-state index contributed by atoms with van der Waals surface area (Å²) in [6.45, 7) is 5.08. The van der Waals surface area contributed by atoms with Gasteiger partial charge in [0.05, 0.1) is 53.6 Å². The SMILES string of the molecule is COc1ccc(COC[C@H](O)C[NH+]2CCN(c3ncccn3)CC2)cc1OC. The Morgan fingerprint density at radius 1 is 1.11 bits per heavy atom. The van der Waals surface area contributed by atoms with E-state index in [0.717, 1.165) is 37.7 Å². The Hall–Kier alpha value is -2.42. The zero-order chi connectivity index (χ0) is 19.8. The van der Waals surface area contributed by atoms with Crippen LogP contribution in [0.25, 0.3) is 0 Å². The first-order valence-corrected chi connectivity index (χ1v) is 9.52. The van der Waals surface area contributed by atoms with Gasteiger partial charge in [-0.25, -0.2) is 9.97 Å². The number of anilines is 1. The van der Waals surface area contributed by atoms with Crippen molar-refractivity contribution in [2.45, 2.75) is 12.7 Å². The first-order chi connectivity index (χ1) is 13.7. The average Bonchev–Trinajstić information content (AvgIpc) is 2.74. The lowest BCUT2D eigenvalue weighted by Gasteiger charge is -2.33. The molecule has 0 radical (unpaired) electrons. The van der Waals surface area contributed by atoms with Crippen LogP contribution in [0.1, 0.15) is 5.56 Å². The molecule has 2 aromatic rings. The molecule has 0 unspecified atom stereocenters. The highest BCUT2D eigenvalue weighted by Crippen LogP contribution is 2.27. The summed E-state index contributed by atoms with van der Waals surface area (Å²) in [5.74, 6) is 2.14. The number of methoxy groups -OCH3 is 2. The molecule has 1 aliphatic rings. The fraction of sp³-hybridized carbons (Fsp3) is 0.500. The van der Waals surface area contributed by atoms with Crippen LogP contribution in [0, 0.1) is 0 Å². The van der Waals surface area contributed by atoms with E-state index in [0.29, 0.717) is 31.3 Å². The van der Waals surface area contributed by atoms with E-state index < -0.39 is 6.10 Å². The molecule has 0 spiro atoms. The normalized spacial score (nSPS) is 16.0. The van der Waals surface area contributed by atoms with Crippen molar-refractivity contribution in [1.82, 2.24) is 9.97 Å². The van der Waals surface area contributed by atoms with Crippen LogP contribution in [-0.2, 0) is 11.3 Å². The first-order valence-electron chi connectivity index (χ1n) is 9.52. The van der Waals surface area contributed by atoms with Gasteiger partial charge >= 0.3 is 0 Å². The Morgan fingerprint density at radius 3 is 2.50 bits per heavy atom. The van der Waals surface area contributed by atoms with Crippen LogP contribution in [0.3, 0.4) is 0 Å². The highest BCUT2D eigenvalue weighted by molar-refractivity contribution is 5.42. The summed E-state index contributed by atoms with van der Waals surface area (Å²) < 4.78 is 16.2. The monoisotopic (exact) mass is 389 g/mol. The maximum Gasteiger partial charge on any atom is 0.225 e. The molecule has 1 fully saturated rings. The molecule has 1 aromatic heterocycles. The zero-order valence-corrected chi connectivity index (χ0v) is 16.5. The number of nitrogens with zero attached hydrogens (tertiary/aromatic N) is 3. The van der Waals surface area contributed by atoms with Crippen LogP contribution in [0.5, 0.6) is 11.5 Å². The Labute approximate surface area is 165 Å². The molecule has 28 heavy (non-hydrogen) atoms. The van der Waals surface area contributed by atoms with Crippen molar-refractivity contribution in [2.75, 3.05) is 58.5 Å². The van der Waals surface area contributed by atoms with Crippen molar-refractivity contribution < 1.29 is 24.2 Å². The summed E-state index contributed by atoms with van der Waals surface area (Å²) in [4.78, 5) is 12.2. The topological polar surface area (TPSA) is 81.4 Å². The van der Waals surface area contributed by atoms with Crippen molar-refractivity contribution >= 4 is 5.95 Å². The van der Waals surface area contributed by atoms with Crippen molar-refractivity contribution in [3.8, 4) is 11.5 Å². The molecule has 2 N–H and O–H groups in total. The molecule has 1 saturated heterocycles. The Kier molecular flexibility index (Phi) is 7.41. The molecule has 1 aliphatic heterocycles. The minimum Gasteiger partial charge on any atom is -0.493 e. The zero-order valence-electron chi connectivity index (χ0n) is 16.5. The van der Waals surface area contributed by atoms with Gasteiger partial charge in [-0.2, -0.15) is 0 Å². The molecule has 152 valence electrons. The molecule has 0 aliphatic carbocycles. The third-order valence-corrected chi connectivity index (χ3v) is 4.86. The number of hydrogen-bond acceptors (Lipinski definition) is 7. The smallest absolute Gasteiger partial charge is 0.225 e. The van der Waals surface area contributed by atoms with Gasteiger partial charge in [0.2, 0.25) is 5.95 Å². The summed E-state index contributed by atoms with van der Waals surface area (Å²) in [5.41, 5.74) is 0.980. The lowest BCUT2D eigenvalue weighted by molar-refractivity contribution is -0.903. The number of aliphatic hydroxyl groups is 1. The summed E-state index contributed by atoms with van der Waals surface area (Å²) >= 11 is 0. The predicted molar refractivity (Wildman–Crippen MR) is 105 cm³/mol. The van der Waals surface area contributed by atoms with Gasteiger partial charge in [0.25, 0.3) is 0 Å². The maximum atomic E-state index is 10.3. The number of ether oxygens (including phenoxy) is 3. The summed E-state index contributed by atoms with van der Waals surface area (Å²) in [5, 5.41) is 10.3. The predicted octanol–water partition coefficient (Wildman–Crippen LogP) is -0.224. The molecule has 3 rings (SSSR count). The van der Waals surface area contributed by atoms with E-state index in [4.69, 9.17) is 14.2 Å². The number of piperazine rings is 1. The van der Waals surface area contributed by atoms with Gasteiger partial charge in [0.1, 0.15) is 12.6 Å². The van der Waals surface area contributed by atoms with E-state index in [-0.39, 0.29) is 0 Å². The van der Waals surface area contributed by atoms with Crippen LogP contribution in [0.4, 0.5) is 5.95 Å².